The van der Waals surface area contributed by atoms with Crippen molar-refractivity contribution in [2.24, 2.45) is 0 Å². The number of benzene rings is 1. The van der Waals surface area contributed by atoms with Gasteiger partial charge in [0.2, 0.25) is 0 Å². The number of pyridine rings is 1. The minimum atomic E-state index is -0.173. The largest absolute Gasteiger partial charge is 0.303 e. The third-order valence-electron chi connectivity index (χ3n) is 4.70. The molecule has 1 aromatic heterocycles. The van der Waals surface area contributed by atoms with E-state index in [9.17, 15) is 4.79 Å². The Hall–Kier alpha value is -2.00. The fraction of sp³-hybridized carbons (Fsp3) is 0.333. The van der Waals surface area contributed by atoms with Gasteiger partial charge in [0, 0.05) is 12.7 Å². The van der Waals surface area contributed by atoms with Gasteiger partial charge in [0.05, 0.1) is 17.7 Å². The summed E-state index contributed by atoms with van der Waals surface area (Å²) in [5.41, 5.74) is 4.68. The van der Waals surface area contributed by atoms with Gasteiger partial charge in [-0.05, 0) is 42.0 Å². The van der Waals surface area contributed by atoms with Crippen molar-refractivity contribution in [2.75, 3.05) is 6.54 Å². The van der Waals surface area contributed by atoms with E-state index in [4.69, 9.17) is 0 Å². The Kier molecular flexibility index (Phi) is 3.08. The second-order valence-electron chi connectivity index (χ2n) is 5.88. The van der Waals surface area contributed by atoms with Crippen LogP contribution in [0.1, 0.15) is 40.8 Å². The number of nitrogens with one attached hydrogen (secondary N) is 1. The second-order valence-corrected chi connectivity index (χ2v) is 5.88. The molecule has 0 amide bonds. The number of Topliss-reactive ketones (excluding diaryl/α,β-unsaturated/α-hetero) is 1. The molecule has 0 bridgehead atoms. The van der Waals surface area contributed by atoms with Gasteiger partial charge < -0.3 is 5.32 Å². The molecule has 106 valence electrons. The van der Waals surface area contributed by atoms with Gasteiger partial charge in [-0.25, -0.2) is 0 Å². The standard InChI is InChI=1S/C18H18N2O/c21-18(15-8-7-13-5-3-10-19-16(13)15)17-14-6-2-1-4-12(14)9-11-20-17/h1-6,10,15,17,20H,7-9,11H2. The predicted molar refractivity (Wildman–Crippen MR) is 81.2 cm³/mol. The minimum absolute atomic E-state index is 0.0511. The topological polar surface area (TPSA) is 42.0 Å². The number of fused-ring (bicyclic) bond motifs is 2. The van der Waals surface area contributed by atoms with E-state index in [0.29, 0.717) is 0 Å². The van der Waals surface area contributed by atoms with Crippen LogP contribution in [0, 0.1) is 0 Å². The summed E-state index contributed by atoms with van der Waals surface area (Å²) >= 11 is 0. The third-order valence-corrected chi connectivity index (χ3v) is 4.70. The molecule has 4 rings (SSSR count). The number of aromatic nitrogens is 1. The molecule has 3 nitrogen and oxygen atoms in total. The number of hydrogen-bond acceptors (Lipinski definition) is 3. The monoisotopic (exact) mass is 278 g/mol. The Morgan fingerprint density at radius 3 is 2.90 bits per heavy atom. The van der Waals surface area contributed by atoms with Crippen LogP contribution in [0.2, 0.25) is 0 Å². The first-order chi connectivity index (χ1) is 10.3. The zero-order chi connectivity index (χ0) is 14.2. The van der Waals surface area contributed by atoms with E-state index in [1.807, 2.05) is 12.1 Å². The fourth-order valence-corrected chi connectivity index (χ4v) is 3.65. The lowest BCUT2D eigenvalue weighted by molar-refractivity contribution is -0.122. The lowest BCUT2D eigenvalue weighted by Gasteiger charge is -2.27. The molecule has 2 aliphatic rings. The van der Waals surface area contributed by atoms with E-state index < -0.39 is 0 Å². The summed E-state index contributed by atoms with van der Waals surface area (Å²) < 4.78 is 0. The van der Waals surface area contributed by atoms with E-state index in [1.54, 1.807) is 6.20 Å². The van der Waals surface area contributed by atoms with Crippen LogP contribution in [0.5, 0.6) is 0 Å². The highest BCUT2D eigenvalue weighted by atomic mass is 16.1. The van der Waals surface area contributed by atoms with Gasteiger partial charge in [0.25, 0.3) is 0 Å². The van der Waals surface area contributed by atoms with Gasteiger partial charge in [-0.2, -0.15) is 0 Å². The Labute approximate surface area is 124 Å². The molecule has 2 aromatic rings. The summed E-state index contributed by atoms with van der Waals surface area (Å²) in [5, 5.41) is 3.41. The maximum Gasteiger partial charge on any atom is 0.163 e. The van der Waals surface area contributed by atoms with Crippen molar-refractivity contribution in [3.63, 3.8) is 0 Å². The molecule has 1 aromatic carbocycles. The summed E-state index contributed by atoms with van der Waals surface area (Å²) in [6.07, 6.45) is 4.66. The van der Waals surface area contributed by atoms with E-state index >= 15 is 0 Å². The molecule has 0 spiro atoms. The molecule has 2 unspecified atom stereocenters. The normalized spacial score (nSPS) is 23.4. The molecule has 0 saturated heterocycles. The number of ketones is 1. The molecule has 3 heteroatoms. The number of carbonyl (C=O) groups excluding carboxylic acids is 1. The van der Waals surface area contributed by atoms with Crippen molar-refractivity contribution in [1.82, 2.24) is 10.3 Å². The lowest BCUT2D eigenvalue weighted by Crippen LogP contribution is -2.37. The highest BCUT2D eigenvalue weighted by Crippen LogP contribution is 2.36. The minimum Gasteiger partial charge on any atom is -0.303 e. The van der Waals surface area contributed by atoms with Gasteiger partial charge in [-0.3, -0.25) is 9.78 Å². The van der Waals surface area contributed by atoms with Crippen molar-refractivity contribution in [1.29, 1.82) is 0 Å². The number of aryl methyl sites for hydroxylation is 1. The molecule has 21 heavy (non-hydrogen) atoms. The number of nitrogens with zero attached hydrogens (tertiary/aromatic N) is 1. The fourth-order valence-electron chi connectivity index (χ4n) is 3.65. The van der Waals surface area contributed by atoms with Crippen molar-refractivity contribution in [2.45, 2.75) is 31.2 Å². The van der Waals surface area contributed by atoms with Crippen LogP contribution in [-0.2, 0) is 17.6 Å². The Morgan fingerprint density at radius 1 is 1.10 bits per heavy atom. The molecule has 1 N–H and O–H groups in total. The van der Waals surface area contributed by atoms with E-state index in [1.165, 1.54) is 11.1 Å². The lowest BCUT2D eigenvalue weighted by atomic mass is 9.86. The van der Waals surface area contributed by atoms with E-state index in [0.717, 1.165) is 37.1 Å². The summed E-state index contributed by atoms with van der Waals surface area (Å²) in [4.78, 5) is 17.5. The first-order valence-corrected chi connectivity index (χ1v) is 7.63. The first kappa shape index (κ1) is 12.7. The van der Waals surface area contributed by atoms with Crippen LogP contribution < -0.4 is 5.32 Å². The summed E-state index contributed by atoms with van der Waals surface area (Å²) in [5.74, 6) is 0.226. The molecular weight excluding hydrogens is 260 g/mol. The maximum absolute atomic E-state index is 13.0. The Balaban J connectivity index is 1.68. The SMILES string of the molecule is O=C(C1CCc2cccnc21)C1NCCc2ccccc21. The molecule has 0 fully saturated rings. The molecule has 0 radical (unpaired) electrons. The van der Waals surface area contributed by atoms with Crippen molar-refractivity contribution < 1.29 is 4.79 Å². The average Bonchev–Trinajstić information content (AvgIpc) is 2.98. The summed E-state index contributed by atoms with van der Waals surface area (Å²) in [6, 6.07) is 12.2. The Morgan fingerprint density at radius 2 is 1.95 bits per heavy atom. The Bertz CT molecular complexity index is 695. The van der Waals surface area contributed by atoms with Gasteiger partial charge in [-0.1, -0.05) is 30.3 Å². The zero-order valence-corrected chi connectivity index (χ0v) is 11.9. The zero-order valence-electron chi connectivity index (χ0n) is 11.9. The second kappa shape index (κ2) is 5.08. The molecule has 2 atom stereocenters. The number of carbonyl (C=O) groups is 1. The van der Waals surface area contributed by atoms with Crippen LogP contribution in [-0.4, -0.2) is 17.3 Å². The third kappa shape index (κ3) is 2.09. The van der Waals surface area contributed by atoms with Gasteiger partial charge in [0.1, 0.15) is 0 Å². The van der Waals surface area contributed by atoms with Crippen LogP contribution in [0.3, 0.4) is 0 Å². The molecular formula is C18H18N2O. The van der Waals surface area contributed by atoms with Crippen LogP contribution in [0.4, 0.5) is 0 Å². The van der Waals surface area contributed by atoms with Crippen LogP contribution in [0.15, 0.2) is 42.6 Å². The van der Waals surface area contributed by atoms with E-state index in [-0.39, 0.29) is 17.7 Å². The average molecular weight is 278 g/mol. The van der Waals surface area contributed by atoms with Gasteiger partial charge in [-0.15, -0.1) is 0 Å². The number of hydrogen-bond donors (Lipinski definition) is 1. The molecule has 2 heterocycles. The van der Waals surface area contributed by atoms with E-state index in [2.05, 4.69) is 34.6 Å². The quantitative estimate of drug-likeness (QED) is 0.918. The van der Waals surface area contributed by atoms with Crippen LogP contribution in [0.25, 0.3) is 0 Å². The highest BCUT2D eigenvalue weighted by molar-refractivity contribution is 5.92. The molecule has 0 saturated carbocycles. The van der Waals surface area contributed by atoms with Gasteiger partial charge >= 0.3 is 0 Å². The first-order valence-electron chi connectivity index (χ1n) is 7.63. The molecule has 1 aliphatic heterocycles. The van der Waals surface area contributed by atoms with Crippen molar-refractivity contribution in [3.05, 3.63) is 65.0 Å². The predicted octanol–water partition coefficient (Wildman–Crippen LogP) is 2.57. The van der Waals surface area contributed by atoms with Crippen LogP contribution >= 0.6 is 0 Å². The van der Waals surface area contributed by atoms with Crippen molar-refractivity contribution >= 4 is 5.78 Å². The summed E-state index contributed by atoms with van der Waals surface area (Å²) in [6.45, 7) is 0.870. The maximum atomic E-state index is 13.0. The number of rotatable bonds is 2. The van der Waals surface area contributed by atoms with Gasteiger partial charge in [0.15, 0.2) is 5.78 Å². The summed E-state index contributed by atoms with van der Waals surface area (Å²) in [7, 11) is 0. The molecule has 1 aliphatic carbocycles. The smallest absolute Gasteiger partial charge is 0.163 e. The highest BCUT2D eigenvalue weighted by Gasteiger charge is 2.36. The van der Waals surface area contributed by atoms with Crippen molar-refractivity contribution in [3.8, 4) is 0 Å².